The lowest BCUT2D eigenvalue weighted by Gasteiger charge is -2.34. The molecule has 0 spiro atoms. The van der Waals surface area contributed by atoms with E-state index in [-0.39, 0.29) is 17.8 Å². The van der Waals surface area contributed by atoms with Gasteiger partial charge in [0, 0.05) is 44.8 Å². The number of aryl methyl sites for hydroxylation is 1. The van der Waals surface area contributed by atoms with Crippen LogP contribution in [0.5, 0.6) is 0 Å². The Labute approximate surface area is 167 Å². The molecule has 0 bridgehead atoms. The van der Waals surface area contributed by atoms with Crippen molar-refractivity contribution in [2.24, 2.45) is 5.92 Å². The highest BCUT2D eigenvalue weighted by atomic mass is 19.1. The summed E-state index contributed by atoms with van der Waals surface area (Å²) in [6, 6.07) is 10.8. The molecule has 5 heteroatoms. The van der Waals surface area contributed by atoms with Crippen LogP contribution in [0.4, 0.5) is 4.39 Å². The van der Waals surface area contributed by atoms with Gasteiger partial charge >= 0.3 is 0 Å². The summed E-state index contributed by atoms with van der Waals surface area (Å²) in [5.74, 6) is 0.249. The molecule has 0 N–H and O–H groups in total. The zero-order valence-corrected chi connectivity index (χ0v) is 17.1. The van der Waals surface area contributed by atoms with Crippen LogP contribution in [0, 0.1) is 11.7 Å². The molecule has 2 aromatic rings. The molecule has 3 rings (SSSR count). The van der Waals surface area contributed by atoms with Crippen molar-refractivity contribution < 1.29 is 9.18 Å². The highest BCUT2D eigenvalue weighted by Gasteiger charge is 2.31. The maximum absolute atomic E-state index is 13.2. The Morgan fingerprint density at radius 3 is 2.43 bits per heavy atom. The summed E-state index contributed by atoms with van der Waals surface area (Å²) in [7, 11) is 0. The Balaban J connectivity index is 1.74. The lowest BCUT2D eigenvalue weighted by molar-refractivity contribution is -0.134. The van der Waals surface area contributed by atoms with Crippen LogP contribution in [0.25, 0.3) is 0 Å². The summed E-state index contributed by atoms with van der Waals surface area (Å²) in [5, 5.41) is 0. The number of carbonyl (C=O) groups excluding carboxylic acids is 1. The van der Waals surface area contributed by atoms with Gasteiger partial charge in [-0.25, -0.2) is 4.39 Å². The SMILES string of the molecule is CCc1ccc(CN2CCC(=O)N(Cc3ccc(F)cc3)[C@@H](C(C)C)C2)nc1. The van der Waals surface area contributed by atoms with Crippen molar-refractivity contribution in [2.45, 2.75) is 52.7 Å². The topological polar surface area (TPSA) is 36.4 Å². The van der Waals surface area contributed by atoms with Crippen LogP contribution in [0.15, 0.2) is 42.6 Å². The van der Waals surface area contributed by atoms with E-state index in [0.29, 0.717) is 18.9 Å². The van der Waals surface area contributed by atoms with Gasteiger partial charge in [-0.15, -0.1) is 0 Å². The number of rotatable bonds is 6. The molecule has 150 valence electrons. The normalized spacial score (nSPS) is 18.5. The molecule has 0 aliphatic carbocycles. The van der Waals surface area contributed by atoms with Gasteiger partial charge in [-0.05, 0) is 41.7 Å². The minimum absolute atomic E-state index is 0.120. The summed E-state index contributed by atoms with van der Waals surface area (Å²) in [5.41, 5.74) is 3.24. The van der Waals surface area contributed by atoms with Gasteiger partial charge in [0.05, 0.1) is 5.69 Å². The van der Waals surface area contributed by atoms with E-state index in [2.05, 4.69) is 42.8 Å². The van der Waals surface area contributed by atoms with Gasteiger partial charge in [0.15, 0.2) is 0 Å². The maximum atomic E-state index is 13.2. The van der Waals surface area contributed by atoms with Gasteiger partial charge < -0.3 is 4.90 Å². The van der Waals surface area contributed by atoms with Gasteiger partial charge in [0.2, 0.25) is 5.91 Å². The molecule has 2 heterocycles. The average molecular weight is 384 g/mol. The molecule has 4 nitrogen and oxygen atoms in total. The number of halogens is 1. The molecular formula is C23H30FN3O. The zero-order chi connectivity index (χ0) is 20.1. The van der Waals surface area contributed by atoms with E-state index in [0.717, 1.165) is 37.3 Å². The molecule has 1 saturated heterocycles. The predicted octanol–water partition coefficient (Wildman–Crippen LogP) is 4.04. The van der Waals surface area contributed by atoms with E-state index in [4.69, 9.17) is 0 Å². The van der Waals surface area contributed by atoms with Crippen LogP contribution in [0.3, 0.4) is 0 Å². The van der Waals surface area contributed by atoms with Crippen molar-refractivity contribution in [1.29, 1.82) is 0 Å². The number of benzene rings is 1. The van der Waals surface area contributed by atoms with Crippen molar-refractivity contribution >= 4 is 5.91 Å². The van der Waals surface area contributed by atoms with Crippen LogP contribution in [-0.2, 0) is 24.3 Å². The van der Waals surface area contributed by atoms with Crippen LogP contribution in [0.2, 0.25) is 0 Å². The average Bonchev–Trinajstić information content (AvgIpc) is 2.84. The first kappa shape index (κ1) is 20.5. The molecule has 1 aromatic heterocycles. The third kappa shape index (κ3) is 5.16. The fourth-order valence-electron chi connectivity index (χ4n) is 3.73. The number of pyridine rings is 1. The largest absolute Gasteiger partial charge is 0.334 e. The zero-order valence-electron chi connectivity index (χ0n) is 17.1. The first-order valence-corrected chi connectivity index (χ1v) is 10.2. The molecule has 1 atom stereocenters. The van der Waals surface area contributed by atoms with Crippen molar-refractivity contribution in [2.75, 3.05) is 13.1 Å². The van der Waals surface area contributed by atoms with Gasteiger partial charge in [-0.3, -0.25) is 14.7 Å². The molecule has 0 saturated carbocycles. The fourth-order valence-corrected chi connectivity index (χ4v) is 3.73. The second kappa shape index (κ2) is 9.28. The van der Waals surface area contributed by atoms with Gasteiger partial charge in [-0.2, -0.15) is 0 Å². The first-order chi connectivity index (χ1) is 13.5. The molecule has 1 fully saturated rings. The van der Waals surface area contributed by atoms with Crippen molar-refractivity contribution in [3.63, 3.8) is 0 Å². The summed E-state index contributed by atoms with van der Waals surface area (Å²) < 4.78 is 13.2. The number of carbonyl (C=O) groups is 1. The first-order valence-electron chi connectivity index (χ1n) is 10.2. The van der Waals surface area contributed by atoms with Gasteiger partial charge in [0.25, 0.3) is 0 Å². The van der Waals surface area contributed by atoms with Crippen LogP contribution < -0.4 is 0 Å². The quantitative estimate of drug-likeness (QED) is 0.755. The van der Waals surface area contributed by atoms with Gasteiger partial charge in [-0.1, -0.05) is 39.0 Å². The van der Waals surface area contributed by atoms with E-state index in [1.165, 1.54) is 17.7 Å². The predicted molar refractivity (Wildman–Crippen MR) is 109 cm³/mol. The summed E-state index contributed by atoms with van der Waals surface area (Å²) in [6.07, 6.45) is 3.43. The fraction of sp³-hybridized carbons (Fsp3) is 0.478. The van der Waals surface area contributed by atoms with Gasteiger partial charge in [0.1, 0.15) is 5.82 Å². The highest BCUT2D eigenvalue weighted by molar-refractivity contribution is 5.77. The van der Waals surface area contributed by atoms with E-state index >= 15 is 0 Å². The van der Waals surface area contributed by atoms with E-state index in [9.17, 15) is 9.18 Å². The minimum atomic E-state index is -0.251. The molecule has 1 aliphatic rings. The molecule has 0 unspecified atom stereocenters. The second-order valence-electron chi connectivity index (χ2n) is 7.96. The summed E-state index contributed by atoms with van der Waals surface area (Å²) in [6.45, 7) is 9.28. The summed E-state index contributed by atoms with van der Waals surface area (Å²) in [4.78, 5) is 21.8. The Kier molecular flexibility index (Phi) is 6.79. The standard InChI is InChI=1S/C23H30FN3O/c1-4-18-7-10-21(25-13-18)15-26-12-11-23(28)27(22(16-26)17(2)3)14-19-5-8-20(24)9-6-19/h5-10,13,17,22H,4,11-12,14-16H2,1-3H3/t22-/m1/s1. The lowest BCUT2D eigenvalue weighted by atomic mass is 10.0. The van der Waals surface area contributed by atoms with Crippen LogP contribution >= 0.6 is 0 Å². The van der Waals surface area contributed by atoms with Crippen molar-refractivity contribution in [3.05, 3.63) is 65.2 Å². The maximum Gasteiger partial charge on any atom is 0.224 e. The van der Waals surface area contributed by atoms with E-state index in [1.807, 2.05) is 11.1 Å². The number of hydrogen-bond acceptors (Lipinski definition) is 3. The lowest BCUT2D eigenvalue weighted by Crippen LogP contribution is -2.45. The molecule has 1 amide bonds. The van der Waals surface area contributed by atoms with Crippen molar-refractivity contribution in [3.8, 4) is 0 Å². The molecule has 1 aromatic carbocycles. The second-order valence-corrected chi connectivity index (χ2v) is 7.96. The van der Waals surface area contributed by atoms with E-state index in [1.54, 1.807) is 12.1 Å². The molecule has 1 aliphatic heterocycles. The molecular weight excluding hydrogens is 353 g/mol. The monoisotopic (exact) mass is 383 g/mol. The third-order valence-corrected chi connectivity index (χ3v) is 5.52. The molecule has 0 radical (unpaired) electrons. The minimum Gasteiger partial charge on any atom is -0.334 e. The number of hydrogen-bond donors (Lipinski definition) is 0. The Morgan fingerprint density at radius 1 is 1.11 bits per heavy atom. The Bertz CT molecular complexity index is 773. The van der Waals surface area contributed by atoms with Crippen LogP contribution in [-0.4, -0.2) is 39.8 Å². The number of nitrogens with zero attached hydrogens (tertiary/aromatic N) is 3. The number of aromatic nitrogens is 1. The Hall–Kier alpha value is -2.27. The summed E-state index contributed by atoms with van der Waals surface area (Å²) >= 11 is 0. The van der Waals surface area contributed by atoms with Crippen molar-refractivity contribution in [1.82, 2.24) is 14.8 Å². The smallest absolute Gasteiger partial charge is 0.224 e. The Morgan fingerprint density at radius 2 is 1.82 bits per heavy atom. The number of amides is 1. The van der Waals surface area contributed by atoms with E-state index < -0.39 is 0 Å². The highest BCUT2D eigenvalue weighted by Crippen LogP contribution is 2.22. The third-order valence-electron chi connectivity index (χ3n) is 5.52. The molecule has 28 heavy (non-hydrogen) atoms. The van der Waals surface area contributed by atoms with Crippen LogP contribution in [0.1, 0.15) is 44.0 Å².